The van der Waals surface area contributed by atoms with E-state index in [1.807, 2.05) is 17.8 Å². The van der Waals surface area contributed by atoms with Crippen LogP contribution in [0, 0.1) is 0 Å². The van der Waals surface area contributed by atoms with Crippen molar-refractivity contribution in [3.8, 4) is 11.5 Å². The van der Waals surface area contributed by atoms with Crippen LogP contribution in [-0.2, 0) is 13.6 Å². The van der Waals surface area contributed by atoms with Crippen molar-refractivity contribution in [3.05, 3.63) is 41.2 Å². The van der Waals surface area contributed by atoms with E-state index in [0.29, 0.717) is 37.1 Å². The van der Waals surface area contributed by atoms with Crippen LogP contribution in [0.2, 0.25) is 0 Å². The Hall–Kier alpha value is -2.50. The van der Waals surface area contributed by atoms with Crippen molar-refractivity contribution < 1.29 is 14.6 Å². The number of rotatable bonds is 2. The minimum atomic E-state index is -0.0722. The zero-order valence-corrected chi connectivity index (χ0v) is 13.0. The summed E-state index contributed by atoms with van der Waals surface area (Å²) in [6, 6.07) is 6.92. The first kappa shape index (κ1) is 14.1. The molecule has 6 heteroatoms. The van der Waals surface area contributed by atoms with E-state index in [1.54, 1.807) is 23.1 Å². The molecule has 0 atom stereocenters. The van der Waals surface area contributed by atoms with Crippen LogP contribution in [0.1, 0.15) is 40.5 Å². The monoisotopic (exact) mass is 313 g/mol. The van der Waals surface area contributed by atoms with E-state index in [0.717, 1.165) is 11.3 Å². The Labute approximate surface area is 134 Å². The van der Waals surface area contributed by atoms with Crippen LogP contribution >= 0.6 is 0 Å². The van der Waals surface area contributed by atoms with E-state index in [-0.39, 0.29) is 11.7 Å². The molecule has 1 aromatic carbocycles. The summed E-state index contributed by atoms with van der Waals surface area (Å²) in [4.78, 5) is 14.5. The lowest BCUT2D eigenvalue weighted by atomic mass is 10.1. The van der Waals surface area contributed by atoms with Gasteiger partial charge in [0.15, 0.2) is 5.69 Å². The van der Waals surface area contributed by atoms with Crippen molar-refractivity contribution in [1.82, 2.24) is 14.7 Å². The number of carbonyl (C=O) groups is 1. The Kier molecular flexibility index (Phi) is 3.25. The molecule has 2 aromatic rings. The maximum absolute atomic E-state index is 12.8. The molecule has 6 nitrogen and oxygen atoms in total. The number of hydrogen-bond donors (Lipinski definition) is 1. The molecule has 23 heavy (non-hydrogen) atoms. The van der Waals surface area contributed by atoms with Crippen LogP contribution < -0.4 is 4.74 Å². The smallest absolute Gasteiger partial charge is 0.274 e. The first-order chi connectivity index (χ1) is 11.1. The maximum Gasteiger partial charge on any atom is 0.274 e. The number of amides is 1. The number of phenolic OH excluding ortho intramolecular Hbond substituents is 1. The number of hydrogen-bond acceptors (Lipinski definition) is 4. The largest absolute Gasteiger partial charge is 0.508 e. The van der Waals surface area contributed by atoms with Crippen molar-refractivity contribution in [3.63, 3.8) is 0 Å². The van der Waals surface area contributed by atoms with Crippen molar-refractivity contribution in [2.45, 2.75) is 25.3 Å². The van der Waals surface area contributed by atoms with Crippen LogP contribution in [0.4, 0.5) is 0 Å². The first-order valence-electron chi connectivity index (χ1n) is 7.90. The molecule has 2 heterocycles. The third-order valence-corrected chi connectivity index (χ3v) is 4.45. The highest BCUT2D eigenvalue weighted by Gasteiger charge is 2.30. The van der Waals surface area contributed by atoms with E-state index in [1.165, 1.54) is 12.8 Å². The van der Waals surface area contributed by atoms with Gasteiger partial charge in [-0.3, -0.25) is 9.48 Å². The molecular formula is C17H19N3O3. The molecule has 1 fully saturated rings. The van der Waals surface area contributed by atoms with Crippen LogP contribution in [-0.4, -0.2) is 38.8 Å². The molecule has 1 saturated carbocycles. The highest BCUT2D eigenvalue weighted by Crippen LogP contribution is 2.40. The fourth-order valence-electron chi connectivity index (χ4n) is 3.04. The van der Waals surface area contributed by atoms with Gasteiger partial charge in [0, 0.05) is 36.8 Å². The lowest BCUT2D eigenvalue weighted by Gasteiger charge is -2.18. The Balaban J connectivity index is 1.58. The predicted octanol–water partition coefficient (Wildman–Crippen LogP) is 2.04. The lowest BCUT2D eigenvalue weighted by Crippen LogP contribution is -2.32. The zero-order chi connectivity index (χ0) is 16.0. The van der Waals surface area contributed by atoms with Gasteiger partial charge in [-0.05, 0) is 31.0 Å². The summed E-state index contributed by atoms with van der Waals surface area (Å²) < 4.78 is 7.47. The Bertz CT molecular complexity index is 764. The Morgan fingerprint density at radius 3 is 2.96 bits per heavy atom. The number of aryl methyl sites for hydroxylation is 1. The van der Waals surface area contributed by atoms with Crippen LogP contribution in [0.3, 0.4) is 0 Å². The Morgan fingerprint density at radius 2 is 2.17 bits per heavy atom. The highest BCUT2D eigenvalue weighted by molar-refractivity contribution is 5.92. The molecule has 1 amide bonds. The molecule has 0 bridgehead atoms. The van der Waals surface area contributed by atoms with Gasteiger partial charge in [-0.2, -0.15) is 5.10 Å². The van der Waals surface area contributed by atoms with Gasteiger partial charge in [-0.15, -0.1) is 0 Å². The number of carbonyl (C=O) groups excluding carboxylic acids is 1. The van der Waals surface area contributed by atoms with Gasteiger partial charge in [0.1, 0.15) is 18.1 Å². The topological polar surface area (TPSA) is 67.6 Å². The van der Waals surface area contributed by atoms with E-state index < -0.39 is 0 Å². The average Bonchev–Trinajstić information content (AvgIpc) is 3.32. The summed E-state index contributed by atoms with van der Waals surface area (Å²) in [5, 5.41) is 13.9. The van der Waals surface area contributed by atoms with Crippen molar-refractivity contribution in [2.24, 2.45) is 7.05 Å². The second kappa shape index (κ2) is 5.30. The standard InChI is InChI=1S/C17H19N3O3/c1-19-15(11-2-3-11)9-14(18-19)17(22)20-6-7-23-16-8-13(21)5-4-12(16)10-20/h4-5,8-9,11,21H,2-3,6-7,10H2,1H3. The minimum Gasteiger partial charge on any atom is -0.508 e. The highest BCUT2D eigenvalue weighted by atomic mass is 16.5. The van der Waals surface area contributed by atoms with Gasteiger partial charge in [-0.1, -0.05) is 0 Å². The average molecular weight is 313 g/mol. The molecule has 1 aromatic heterocycles. The zero-order valence-electron chi connectivity index (χ0n) is 13.0. The number of nitrogens with zero attached hydrogens (tertiary/aromatic N) is 3. The summed E-state index contributed by atoms with van der Waals surface area (Å²) in [7, 11) is 1.90. The second-order valence-electron chi connectivity index (χ2n) is 6.22. The number of fused-ring (bicyclic) bond motifs is 1. The van der Waals surface area contributed by atoms with E-state index >= 15 is 0 Å². The quantitative estimate of drug-likeness (QED) is 0.921. The fraction of sp³-hybridized carbons (Fsp3) is 0.412. The molecular weight excluding hydrogens is 294 g/mol. The minimum absolute atomic E-state index is 0.0722. The molecule has 120 valence electrons. The summed E-state index contributed by atoms with van der Waals surface area (Å²) in [6.07, 6.45) is 2.36. The normalized spacial score (nSPS) is 17.3. The molecule has 0 spiro atoms. The number of aromatic hydroxyl groups is 1. The van der Waals surface area contributed by atoms with Gasteiger partial charge >= 0.3 is 0 Å². The first-order valence-corrected chi connectivity index (χ1v) is 7.90. The second-order valence-corrected chi connectivity index (χ2v) is 6.22. The van der Waals surface area contributed by atoms with Gasteiger partial charge in [0.2, 0.25) is 0 Å². The van der Waals surface area contributed by atoms with E-state index in [2.05, 4.69) is 5.10 Å². The summed E-state index contributed by atoms with van der Waals surface area (Å²) >= 11 is 0. The van der Waals surface area contributed by atoms with Crippen LogP contribution in [0.25, 0.3) is 0 Å². The third kappa shape index (κ3) is 2.65. The molecule has 1 aliphatic carbocycles. The number of benzene rings is 1. The van der Waals surface area contributed by atoms with Gasteiger partial charge in [0.25, 0.3) is 5.91 Å². The van der Waals surface area contributed by atoms with Crippen LogP contribution in [0.15, 0.2) is 24.3 Å². The Morgan fingerprint density at radius 1 is 1.35 bits per heavy atom. The molecule has 1 aliphatic heterocycles. The van der Waals surface area contributed by atoms with Gasteiger partial charge in [-0.25, -0.2) is 0 Å². The summed E-state index contributed by atoms with van der Waals surface area (Å²) in [6.45, 7) is 1.37. The van der Waals surface area contributed by atoms with Crippen molar-refractivity contribution >= 4 is 5.91 Å². The third-order valence-electron chi connectivity index (χ3n) is 4.45. The summed E-state index contributed by atoms with van der Waals surface area (Å²) in [5.74, 6) is 1.30. The predicted molar refractivity (Wildman–Crippen MR) is 83.5 cm³/mol. The molecule has 0 saturated heterocycles. The lowest BCUT2D eigenvalue weighted by molar-refractivity contribution is 0.0726. The van der Waals surface area contributed by atoms with Crippen LogP contribution in [0.5, 0.6) is 11.5 Å². The van der Waals surface area contributed by atoms with Crippen molar-refractivity contribution in [2.75, 3.05) is 13.2 Å². The molecule has 2 aliphatic rings. The molecule has 0 radical (unpaired) electrons. The van der Waals surface area contributed by atoms with Crippen molar-refractivity contribution in [1.29, 1.82) is 0 Å². The molecule has 0 unspecified atom stereocenters. The molecule has 1 N–H and O–H groups in total. The number of aromatic nitrogens is 2. The number of phenols is 1. The van der Waals surface area contributed by atoms with Gasteiger partial charge < -0.3 is 14.7 Å². The summed E-state index contributed by atoms with van der Waals surface area (Å²) in [5.41, 5.74) is 2.54. The van der Waals surface area contributed by atoms with Gasteiger partial charge in [0.05, 0.1) is 6.54 Å². The fourth-order valence-corrected chi connectivity index (χ4v) is 3.04. The van der Waals surface area contributed by atoms with E-state index in [4.69, 9.17) is 4.74 Å². The van der Waals surface area contributed by atoms with E-state index in [9.17, 15) is 9.90 Å². The SMILES string of the molecule is Cn1nc(C(=O)N2CCOc3cc(O)ccc3C2)cc1C1CC1. The molecule has 4 rings (SSSR count). The maximum atomic E-state index is 12.8. The number of ether oxygens (including phenoxy) is 1.